The van der Waals surface area contributed by atoms with Crippen molar-refractivity contribution in [2.24, 2.45) is 0 Å². The van der Waals surface area contributed by atoms with Gasteiger partial charge in [0.1, 0.15) is 0 Å². The molecule has 0 heterocycles. The second kappa shape index (κ2) is 4.65. The Morgan fingerprint density at radius 1 is 1.43 bits per heavy atom. The standard InChI is InChI=1S/C11H16N2O/c1-4-12-11-8(2)6-5-7-10(11)13-9(3)14/h5-7,12H,4H2,1-3H3,(H,13,14). The average molecular weight is 192 g/mol. The fourth-order valence-electron chi connectivity index (χ4n) is 1.37. The number of hydrogen-bond acceptors (Lipinski definition) is 2. The van der Waals surface area contributed by atoms with E-state index in [9.17, 15) is 4.79 Å². The van der Waals surface area contributed by atoms with Crippen LogP contribution < -0.4 is 10.6 Å². The van der Waals surface area contributed by atoms with Crippen LogP contribution in [0.5, 0.6) is 0 Å². The zero-order valence-electron chi connectivity index (χ0n) is 8.85. The fourth-order valence-corrected chi connectivity index (χ4v) is 1.37. The van der Waals surface area contributed by atoms with E-state index in [2.05, 4.69) is 10.6 Å². The number of carbonyl (C=O) groups is 1. The first-order valence-electron chi connectivity index (χ1n) is 4.76. The van der Waals surface area contributed by atoms with Crippen molar-refractivity contribution in [3.8, 4) is 0 Å². The topological polar surface area (TPSA) is 41.1 Å². The van der Waals surface area contributed by atoms with Crippen molar-refractivity contribution in [3.05, 3.63) is 23.8 Å². The molecule has 0 saturated heterocycles. The van der Waals surface area contributed by atoms with E-state index in [1.54, 1.807) is 0 Å². The highest BCUT2D eigenvalue weighted by atomic mass is 16.1. The van der Waals surface area contributed by atoms with E-state index in [1.165, 1.54) is 6.92 Å². The number of hydrogen-bond donors (Lipinski definition) is 2. The second-order valence-electron chi connectivity index (χ2n) is 3.21. The summed E-state index contributed by atoms with van der Waals surface area (Å²) < 4.78 is 0. The lowest BCUT2D eigenvalue weighted by Gasteiger charge is -2.13. The minimum absolute atomic E-state index is 0.0465. The molecule has 1 rings (SSSR count). The molecule has 0 bridgehead atoms. The van der Waals surface area contributed by atoms with Gasteiger partial charge in [0.25, 0.3) is 0 Å². The monoisotopic (exact) mass is 192 g/mol. The van der Waals surface area contributed by atoms with Crippen LogP contribution in [0.1, 0.15) is 19.4 Å². The van der Waals surface area contributed by atoms with Crippen LogP contribution in [0.3, 0.4) is 0 Å². The van der Waals surface area contributed by atoms with E-state index in [-0.39, 0.29) is 5.91 Å². The van der Waals surface area contributed by atoms with Gasteiger partial charge < -0.3 is 10.6 Å². The predicted octanol–water partition coefficient (Wildman–Crippen LogP) is 2.39. The van der Waals surface area contributed by atoms with Crippen molar-refractivity contribution >= 4 is 17.3 Å². The van der Waals surface area contributed by atoms with Crippen LogP contribution in [-0.4, -0.2) is 12.5 Å². The van der Waals surface area contributed by atoms with Gasteiger partial charge in [0.15, 0.2) is 0 Å². The van der Waals surface area contributed by atoms with E-state index < -0.39 is 0 Å². The Morgan fingerprint density at radius 2 is 2.14 bits per heavy atom. The molecule has 2 N–H and O–H groups in total. The van der Waals surface area contributed by atoms with Gasteiger partial charge in [0.2, 0.25) is 5.91 Å². The molecule has 0 aliphatic heterocycles. The van der Waals surface area contributed by atoms with Gasteiger partial charge >= 0.3 is 0 Å². The number of para-hydroxylation sites is 1. The molecule has 0 atom stereocenters. The van der Waals surface area contributed by atoms with Crippen LogP contribution >= 0.6 is 0 Å². The molecule has 76 valence electrons. The van der Waals surface area contributed by atoms with Crippen molar-refractivity contribution in [2.75, 3.05) is 17.2 Å². The number of anilines is 2. The Morgan fingerprint density at radius 3 is 2.71 bits per heavy atom. The van der Waals surface area contributed by atoms with Crippen LogP contribution in [0.25, 0.3) is 0 Å². The lowest BCUT2D eigenvalue weighted by Crippen LogP contribution is -2.10. The number of carbonyl (C=O) groups excluding carboxylic acids is 1. The highest BCUT2D eigenvalue weighted by Gasteiger charge is 2.04. The molecule has 1 aromatic rings. The van der Waals surface area contributed by atoms with Crippen LogP contribution in [0.15, 0.2) is 18.2 Å². The van der Waals surface area contributed by atoms with Gasteiger partial charge in [-0.25, -0.2) is 0 Å². The molecule has 3 nitrogen and oxygen atoms in total. The van der Waals surface area contributed by atoms with E-state index in [4.69, 9.17) is 0 Å². The summed E-state index contributed by atoms with van der Waals surface area (Å²) in [7, 11) is 0. The summed E-state index contributed by atoms with van der Waals surface area (Å²) in [6.07, 6.45) is 0. The minimum Gasteiger partial charge on any atom is -0.383 e. The maximum Gasteiger partial charge on any atom is 0.221 e. The first-order valence-corrected chi connectivity index (χ1v) is 4.76. The Bertz CT molecular complexity index is 334. The third-order valence-electron chi connectivity index (χ3n) is 1.94. The van der Waals surface area contributed by atoms with E-state index in [0.29, 0.717) is 0 Å². The molecule has 0 aliphatic rings. The van der Waals surface area contributed by atoms with Crippen molar-refractivity contribution < 1.29 is 4.79 Å². The van der Waals surface area contributed by atoms with Gasteiger partial charge in [0.05, 0.1) is 11.4 Å². The SMILES string of the molecule is CCNc1c(C)cccc1NC(C)=O. The zero-order chi connectivity index (χ0) is 10.6. The van der Waals surface area contributed by atoms with Gasteiger partial charge in [-0.05, 0) is 25.5 Å². The molecule has 1 aromatic carbocycles. The fraction of sp³-hybridized carbons (Fsp3) is 0.364. The smallest absolute Gasteiger partial charge is 0.221 e. The van der Waals surface area contributed by atoms with Crippen LogP contribution in [-0.2, 0) is 4.79 Å². The lowest BCUT2D eigenvalue weighted by atomic mass is 10.1. The highest BCUT2D eigenvalue weighted by Crippen LogP contribution is 2.25. The van der Waals surface area contributed by atoms with Gasteiger partial charge in [0, 0.05) is 13.5 Å². The summed E-state index contributed by atoms with van der Waals surface area (Å²) in [5, 5.41) is 6.03. The van der Waals surface area contributed by atoms with Crippen molar-refractivity contribution in [1.29, 1.82) is 0 Å². The highest BCUT2D eigenvalue weighted by molar-refractivity contribution is 5.93. The molecule has 0 spiro atoms. The minimum atomic E-state index is -0.0465. The van der Waals surface area contributed by atoms with Gasteiger partial charge in [-0.2, -0.15) is 0 Å². The number of aryl methyl sites for hydroxylation is 1. The van der Waals surface area contributed by atoms with E-state index >= 15 is 0 Å². The maximum atomic E-state index is 10.9. The molecule has 3 heteroatoms. The number of nitrogens with one attached hydrogen (secondary N) is 2. The largest absolute Gasteiger partial charge is 0.383 e. The van der Waals surface area contributed by atoms with Gasteiger partial charge in [-0.3, -0.25) is 4.79 Å². The number of amides is 1. The van der Waals surface area contributed by atoms with Gasteiger partial charge in [-0.1, -0.05) is 12.1 Å². The Hall–Kier alpha value is -1.51. The van der Waals surface area contributed by atoms with Gasteiger partial charge in [-0.15, -0.1) is 0 Å². The first kappa shape index (κ1) is 10.6. The third kappa shape index (κ3) is 2.49. The third-order valence-corrected chi connectivity index (χ3v) is 1.94. The van der Waals surface area contributed by atoms with Crippen molar-refractivity contribution in [1.82, 2.24) is 0 Å². The number of rotatable bonds is 3. The summed E-state index contributed by atoms with van der Waals surface area (Å²) in [5.41, 5.74) is 2.99. The normalized spacial score (nSPS) is 9.64. The van der Waals surface area contributed by atoms with Crippen molar-refractivity contribution in [2.45, 2.75) is 20.8 Å². The molecular formula is C11H16N2O. The summed E-state index contributed by atoms with van der Waals surface area (Å²) in [4.78, 5) is 10.9. The Labute approximate surface area is 84.5 Å². The molecule has 1 amide bonds. The zero-order valence-corrected chi connectivity index (χ0v) is 8.85. The molecule has 0 radical (unpaired) electrons. The molecule has 0 aliphatic carbocycles. The molecule has 0 unspecified atom stereocenters. The molecule has 0 saturated carbocycles. The lowest BCUT2D eigenvalue weighted by molar-refractivity contribution is -0.114. The maximum absolute atomic E-state index is 10.9. The van der Waals surface area contributed by atoms with Crippen molar-refractivity contribution in [3.63, 3.8) is 0 Å². The molecule has 14 heavy (non-hydrogen) atoms. The summed E-state index contributed by atoms with van der Waals surface area (Å²) in [6.45, 7) is 6.41. The Kier molecular flexibility index (Phi) is 3.51. The molecule has 0 fully saturated rings. The second-order valence-corrected chi connectivity index (χ2v) is 3.21. The summed E-state index contributed by atoms with van der Waals surface area (Å²) in [5.74, 6) is -0.0465. The predicted molar refractivity (Wildman–Crippen MR) is 59.6 cm³/mol. The van der Waals surface area contributed by atoms with Crippen LogP contribution in [0.2, 0.25) is 0 Å². The summed E-state index contributed by atoms with van der Waals surface area (Å²) in [6, 6.07) is 5.84. The quantitative estimate of drug-likeness (QED) is 0.772. The Balaban J connectivity index is 3.01. The van der Waals surface area contributed by atoms with Crippen LogP contribution in [0, 0.1) is 6.92 Å². The number of benzene rings is 1. The van der Waals surface area contributed by atoms with E-state index in [0.717, 1.165) is 23.5 Å². The van der Waals surface area contributed by atoms with E-state index in [1.807, 2.05) is 32.0 Å². The molecular weight excluding hydrogens is 176 g/mol. The average Bonchev–Trinajstić information content (AvgIpc) is 2.10. The van der Waals surface area contributed by atoms with Crippen LogP contribution in [0.4, 0.5) is 11.4 Å². The first-order chi connectivity index (χ1) is 6.65. The summed E-state index contributed by atoms with van der Waals surface area (Å²) >= 11 is 0. The molecule has 0 aromatic heterocycles.